The molecule has 0 aliphatic rings. The lowest BCUT2D eigenvalue weighted by Gasteiger charge is -2.03. The Morgan fingerprint density at radius 1 is 1.33 bits per heavy atom. The van der Waals surface area contributed by atoms with Gasteiger partial charge in [-0.15, -0.1) is 0 Å². The smallest absolute Gasteiger partial charge is 0.113 e. The lowest BCUT2D eigenvalue weighted by Crippen LogP contribution is -1.98. The Bertz CT molecular complexity index is 640. The van der Waals surface area contributed by atoms with Crippen LogP contribution in [-0.4, -0.2) is 16.4 Å². The number of aryl methyl sites for hydroxylation is 2. The maximum Gasteiger partial charge on any atom is 0.113 e. The van der Waals surface area contributed by atoms with Crippen LogP contribution < -0.4 is 5.32 Å². The van der Waals surface area contributed by atoms with E-state index >= 15 is 0 Å². The van der Waals surface area contributed by atoms with E-state index in [1.165, 1.54) is 0 Å². The Morgan fingerprint density at radius 2 is 2.28 bits per heavy atom. The minimum absolute atomic E-state index is 0.875. The Kier molecular flexibility index (Phi) is 2.76. The molecule has 4 heteroatoms. The van der Waals surface area contributed by atoms with Crippen LogP contribution in [0.5, 0.6) is 0 Å². The van der Waals surface area contributed by atoms with Crippen molar-refractivity contribution >= 4 is 11.2 Å². The molecule has 3 rings (SSSR count). The first-order valence-electron chi connectivity index (χ1n) is 6.03. The van der Waals surface area contributed by atoms with E-state index in [2.05, 4.69) is 20.8 Å². The number of anilines is 1. The third-order valence-electron chi connectivity index (χ3n) is 3.07. The fourth-order valence-corrected chi connectivity index (χ4v) is 2.09. The molecular weight excluding hydrogens is 226 g/mol. The van der Waals surface area contributed by atoms with Gasteiger partial charge in [-0.2, -0.15) is 0 Å². The summed E-state index contributed by atoms with van der Waals surface area (Å²) in [4.78, 5) is 4.46. The number of rotatable bonds is 4. The van der Waals surface area contributed by atoms with Crippen molar-refractivity contribution in [2.75, 3.05) is 12.4 Å². The van der Waals surface area contributed by atoms with E-state index in [9.17, 15) is 0 Å². The van der Waals surface area contributed by atoms with Gasteiger partial charge in [0, 0.05) is 31.8 Å². The molecule has 0 radical (unpaired) electrons. The van der Waals surface area contributed by atoms with Gasteiger partial charge in [-0.3, -0.25) is 0 Å². The van der Waals surface area contributed by atoms with Crippen molar-refractivity contribution in [1.82, 2.24) is 9.38 Å². The summed E-state index contributed by atoms with van der Waals surface area (Å²) in [6, 6.07) is 8.04. The number of hydrogen-bond donors (Lipinski definition) is 1. The topological polar surface area (TPSA) is 42.5 Å². The van der Waals surface area contributed by atoms with Gasteiger partial charge in [0.15, 0.2) is 0 Å². The summed E-state index contributed by atoms with van der Waals surface area (Å²) in [6.45, 7) is 0. The maximum atomic E-state index is 5.33. The molecule has 0 fully saturated rings. The zero-order valence-electron chi connectivity index (χ0n) is 10.3. The number of pyridine rings is 1. The average molecular weight is 241 g/mol. The van der Waals surface area contributed by atoms with Crippen LogP contribution >= 0.6 is 0 Å². The monoisotopic (exact) mass is 241 g/mol. The first-order valence-corrected chi connectivity index (χ1v) is 6.03. The van der Waals surface area contributed by atoms with Gasteiger partial charge < -0.3 is 14.1 Å². The molecule has 0 aliphatic heterocycles. The zero-order valence-corrected chi connectivity index (χ0v) is 10.3. The van der Waals surface area contributed by atoms with Crippen LogP contribution in [0.1, 0.15) is 11.6 Å². The predicted molar refractivity (Wildman–Crippen MR) is 70.9 cm³/mol. The standard InChI is InChI=1S/C14H15N3O/c1-15-11-6-7-17-12(9-11)10-16-14(17)5-4-13-3-2-8-18-13/h2-3,6-10,15H,4-5H2,1H3. The third-order valence-corrected chi connectivity index (χ3v) is 3.07. The van der Waals surface area contributed by atoms with Gasteiger partial charge in [0.05, 0.1) is 18.0 Å². The van der Waals surface area contributed by atoms with E-state index in [-0.39, 0.29) is 0 Å². The highest BCUT2D eigenvalue weighted by atomic mass is 16.3. The minimum Gasteiger partial charge on any atom is -0.469 e. The summed E-state index contributed by atoms with van der Waals surface area (Å²) in [5.74, 6) is 2.06. The van der Waals surface area contributed by atoms with Gasteiger partial charge in [0.1, 0.15) is 11.6 Å². The molecular formula is C14H15N3O. The van der Waals surface area contributed by atoms with Crippen LogP contribution in [-0.2, 0) is 12.8 Å². The number of furan rings is 1. The lowest BCUT2D eigenvalue weighted by molar-refractivity contribution is 0.506. The van der Waals surface area contributed by atoms with Gasteiger partial charge in [0.2, 0.25) is 0 Å². The molecule has 1 N–H and O–H groups in total. The number of aromatic nitrogens is 2. The molecule has 4 nitrogen and oxygen atoms in total. The molecule has 0 amide bonds. The molecule has 0 saturated carbocycles. The quantitative estimate of drug-likeness (QED) is 0.763. The second-order valence-corrected chi connectivity index (χ2v) is 4.21. The largest absolute Gasteiger partial charge is 0.469 e. The van der Waals surface area contributed by atoms with E-state index < -0.39 is 0 Å². The molecule has 0 atom stereocenters. The normalized spacial score (nSPS) is 10.9. The van der Waals surface area contributed by atoms with Crippen LogP contribution in [0.15, 0.2) is 47.3 Å². The van der Waals surface area contributed by atoms with Crippen molar-refractivity contribution in [3.8, 4) is 0 Å². The summed E-state index contributed by atoms with van der Waals surface area (Å²) >= 11 is 0. The second kappa shape index (κ2) is 4.56. The van der Waals surface area contributed by atoms with E-state index in [1.807, 2.05) is 37.6 Å². The lowest BCUT2D eigenvalue weighted by atomic mass is 10.2. The molecule has 3 aromatic rings. The van der Waals surface area contributed by atoms with Gasteiger partial charge in [-0.25, -0.2) is 4.98 Å². The van der Waals surface area contributed by atoms with Crippen molar-refractivity contribution in [1.29, 1.82) is 0 Å². The summed E-state index contributed by atoms with van der Waals surface area (Å²) in [5, 5.41) is 3.13. The Balaban J connectivity index is 1.84. The highest BCUT2D eigenvalue weighted by Gasteiger charge is 2.05. The van der Waals surface area contributed by atoms with Gasteiger partial charge in [-0.1, -0.05) is 0 Å². The van der Waals surface area contributed by atoms with Crippen molar-refractivity contribution in [3.05, 3.63) is 54.5 Å². The molecule has 18 heavy (non-hydrogen) atoms. The van der Waals surface area contributed by atoms with Gasteiger partial charge >= 0.3 is 0 Å². The van der Waals surface area contributed by atoms with E-state index in [4.69, 9.17) is 4.42 Å². The Morgan fingerprint density at radius 3 is 3.06 bits per heavy atom. The number of imidazole rings is 1. The molecule has 92 valence electrons. The molecule has 0 bridgehead atoms. The molecule has 0 aromatic carbocycles. The SMILES string of the molecule is CNc1ccn2c(CCc3ccco3)ncc2c1. The zero-order chi connectivity index (χ0) is 12.4. The third kappa shape index (κ3) is 1.97. The maximum absolute atomic E-state index is 5.33. The fourth-order valence-electron chi connectivity index (χ4n) is 2.09. The number of nitrogens with zero attached hydrogens (tertiary/aromatic N) is 2. The summed E-state index contributed by atoms with van der Waals surface area (Å²) in [7, 11) is 1.92. The van der Waals surface area contributed by atoms with E-state index in [0.717, 1.165) is 35.6 Å². The van der Waals surface area contributed by atoms with Crippen LogP contribution in [0.4, 0.5) is 5.69 Å². The van der Waals surface area contributed by atoms with Crippen LogP contribution in [0.25, 0.3) is 5.52 Å². The minimum atomic E-state index is 0.875. The van der Waals surface area contributed by atoms with Crippen molar-refractivity contribution in [2.45, 2.75) is 12.8 Å². The Labute approximate surface area is 105 Å². The average Bonchev–Trinajstić information content (AvgIpc) is 3.05. The van der Waals surface area contributed by atoms with E-state index in [0.29, 0.717) is 0 Å². The number of fused-ring (bicyclic) bond motifs is 1. The van der Waals surface area contributed by atoms with Crippen LogP contribution in [0.2, 0.25) is 0 Å². The molecule has 0 saturated heterocycles. The van der Waals surface area contributed by atoms with Crippen LogP contribution in [0.3, 0.4) is 0 Å². The van der Waals surface area contributed by atoms with Gasteiger partial charge in [0.25, 0.3) is 0 Å². The summed E-state index contributed by atoms with van der Waals surface area (Å²) in [6.07, 6.45) is 7.41. The van der Waals surface area contributed by atoms with E-state index in [1.54, 1.807) is 6.26 Å². The molecule has 0 spiro atoms. The summed E-state index contributed by atoms with van der Waals surface area (Å²) in [5.41, 5.74) is 2.20. The molecule has 0 unspecified atom stereocenters. The highest BCUT2D eigenvalue weighted by Crippen LogP contribution is 2.14. The first kappa shape index (κ1) is 10.9. The summed E-state index contributed by atoms with van der Waals surface area (Å²) < 4.78 is 7.45. The van der Waals surface area contributed by atoms with Crippen molar-refractivity contribution in [2.24, 2.45) is 0 Å². The van der Waals surface area contributed by atoms with Crippen molar-refractivity contribution < 1.29 is 4.42 Å². The van der Waals surface area contributed by atoms with Crippen molar-refractivity contribution in [3.63, 3.8) is 0 Å². The highest BCUT2D eigenvalue weighted by molar-refractivity contribution is 5.57. The number of nitrogens with one attached hydrogen (secondary N) is 1. The fraction of sp³-hybridized carbons (Fsp3) is 0.214. The first-order chi connectivity index (χ1) is 8.86. The predicted octanol–water partition coefficient (Wildman–Crippen LogP) is 2.75. The second-order valence-electron chi connectivity index (χ2n) is 4.21. The Hall–Kier alpha value is -2.23. The number of hydrogen-bond acceptors (Lipinski definition) is 3. The van der Waals surface area contributed by atoms with Crippen LogP contribution in [0, 0.1) is 0 Å². The molecule has 0 aliphatic carbocycles. The molecule has 3 aromatic heterocycles. The van der Waals surface area contributed by atoms with Gasteiger partial charge in [-0.05, 0) is 24.3 Å². The molecule has 3 heterocycles.